The number of hydrogen-bond acceptors (Lipinski definition) is 2. The first-order valence-corrected chi connectivity index (χ1v) is 13.9. The van der Waals surface area contributed by atoms with Gasteiger partial charge >= 0.3 is 0 Å². The molecule has 214 valence electrons. The smallest absolute Gasteiger partial charge is 0.119 e. The third-order valence-corrected chi connectivity index (χ3v) is 3.17. The molecular formula is C35H63NO. The number of rotatable bonds is 4. The second-order valence-corrected chi connectivity index (χ2v) is 8.32. The van der Waals surface area contributed by atoms with Gasteiger partial charge in [0.2, 0.25) is 0 Å². The van der Waals surface area contributed by atoms with Gasteiger partial charge in [0.05, 0.1) is 6.10 Å². The summed E-state index contributed by atoms with van der Waals surface area (Å²) in [6, 6.07) is 26.2. The average molecular weight is 514 g/mol. The average Bonchev–Trinajstić information content (AvgIpc) is 2.90. The topological polar surface area (TPSA) is 22.1 Å². The van der Waals surface area contributed by atoms with Crippen LogP contribution in [-0.4, -0.2) is 11.1 Å². The van der Waals surface area contributed by atoms with Crippen molar-refractivity contribution in [2.75, 3.05) is 0 Å². The molecule has 2 heteroatoms. The minimum Gasteiger partial charge on any atom is -0.491 e. The van der Waals surface area contributed by atoms with E-state index in [1.54, 1.807) is 12.4 Å². The summed E-state index contributed by atoms with van der Waals surface area (Å²) < 4.78 is 5.41. The van der Waals surface area contributed by atoms with Gasteiger partial charge in [-0.05, 0) is 61.9 Å². The SMILES string of the molecule is C.CC.CC.CC.CC(C)C.CC(C)Cc1ccccc1.CC(C)Oc1ccccc1.c1ccncc1. The van der Waals surface area contributed by atoms with Gasteiger partial charge in [-0.3, -0.25) is 4.98 Å². The molecule has 0 aliphatic heterocycles. The standard InChI is InChI=1S/C10H14.C9H12O.C5H5N.C4H10.3C2H6.CH4/c1-9(2)8-10-6-4-3-5-7-10;1-8(2)10-9-6-4-3-5-7-9;1-2-4-6-5-3-1;1-4(2)3;3*1-2;/h3-7,9H,8H2,1-2H3;3-8H,1-2H3;1-5H;4H,1-3H3;3*1-2H3;1H4. The fourth-order valence-electron chi connectivity index (χ4n) is 2.17. The fourth-order valence-corrected chi connectivity index (χ4v) is 2.17. The van der Waals surface area contributed by atoms with E-state index in [1.165, 1.54) is 12.0 Å². The molecule has 3 rings (SSSR count). The van der Waals surface area contributed by atoms with E-state index in [2.05, 4.69) is 69.9 Å². The largest absolute Gasteiger partial charge is 0.491 e. The molecule has 0 radical (unpaired) electrons. The number of hydrogen-bond donors (Lipinski definition) is 0. The third-order valence-electron chi connectivity index (χ3n) is 3.17. The molecule has 37 heavy (non-hydrogen) atoms. The highest BCUT2D eigenvalue weighted by Crippen LogP contribution is 2.09. The second-order valence-electron chi connectivity index (χ2n) is 8.32. The zero-order valence-corrected chi connectivity index (χ0v) is 26.0. The first-order valence-electron chi connectivity index (χ1n) is 13.9. The number of ether oxygens (including phenoxy) is 1. The van der Waals surface area contributed by atoms with Crippen LogP contribution in [0.5, 0.6) is 5.75 Å². The molecule has 0 bridgehead atoms. The number of nitrogens with zero attached hydrogens (tertiary/aromatic N) is 1. The van der Waals surface area contributed by atoms with E-state index < -0.39 is 0 Å². The van der Waals surface area contributed by atoms with Gasteiger partial charge < -0.3 is 4.74 Å². The summed E-state index contributed by atoms with van der Waals surface area (Å²) in [6.07, 6.45) is 4.96. The molecule has 0 amide bonds. The Kier molecular flexibility index (Phi) is 45.5. The maximum atomic E-state index is 5.41. The van der Waals surface area contributed by atoms with Gasteiger partial charge in [0.15, 0.2) is 0 Å². The lowest BCUT2D eigenvalue weighted by molar-refractivity contribution is 0.242. The van der Waals surface area contributed by atoms with E-state index in [9.17, 15) is 0 Å². The molecule has 2 nitrogen and oxygen atoms in total. The van der Waals surface area contributed by atoms with Crippen molar-refractivity contribution in [1.82, 2.24) is 4.98 Å². The Morgan fingerprint density at radius 3 is 1.19 bits per heavy atom. The van der Waals surface area contributed by atoms with Gasteiger partial charge in [0.1, 0.15) is 5.75 Å². The summed E-state index contributed by atoms with van der Waals surface area (Å²) in [7, 11) is 0. The minimum atomic E-state index is 0. The van der Waals surface area contributed by atoms with Gasteiger partial charge in [-0.2, -0.15) is 0 Å². The summed E-state index contributed by atoms with van der Waals surface area (Å²) in [5, 5.41) is 0. The molecular weight excluding hydrogens is 450 g/mol. The van der Waals surface area contributed by atoms with Gasteiger partial charge in [-0.1, -0.05) is 138 Å². The first-order chi connectivity index (χ1) is 17.3. The molecule has 0 unspecified atom stereocenters. The van der Waals surface area contributed by atoms with Crippen LogP contribution in [0.1, 0.15) is 103 Å². The number of para-hydroxylation sites is 1. The molecule has 1 heterocycles. The summed E-state index contributed by atoms with van der Waals surface area (Å²) in [4.78, 5) is 3.78. The minimum absolute atomic E-state index is 0. The molecule has 0 atom stereocenters. The Labute approximate surface area is 233 Å². The van der Waals surface area contributed by atoms with E-state index >= 15 is 0 Å². The van der Waals surface area contributed by atoms with Gasteiger partial charge in [0, 0.05) is 12.4 Å². The van der Waals surface area contributed by atoms with Crippen LogP contribution in [-0.2, 0) is 6.42 Å². The zero-order chi connectivity index (χ0) is 28.6. The summed E-state index contributed by atoms with van der Waals surface area (Å²) in [5.74, 6) is 2.54. The molecule has 0 saturated carbocycles. The van der Waals surface area contributed by atoms with Crippen molar-refractivity contribution >= 4 is 0 Å². The van der Waals surface area contributed by atoms with Crippen molar-refractivity contribution in [3.05, 3.63) is 96.8 Å². The van der Waals surface area contributed by atoms with Crippen molar-refractivity contribution in [3.63, 3.8) is 0 Å². The quantitative estimate of drug-likeness (QED) is 0.346. The highest BCUT2D eigenvalue weighted by Gasteiger charge is 1.94. The maximum Gasteiger partial charge on any atom is 0.119 e. The van der Waals surface area contributed by atoms with Crippen LogP contribution in [0, 0.1) is 11.8 Å². The van der Waals surface area contributed by atoms with E-state index in [0.717, 1.165) is 17.6 Å². The Morgan fingerprint density at radius 1 is 0.568 bits per heavy atom. The summed E-state index contributed by atoms with van der Waals surface area (Å²) >= 11 is 0. The summed E-state index contributed by atoms with van der Waals surface area (Å²) in [5.41, 5.74) is 1.44. The van der Waals surface area contributed by atoms with Crippen molar-refractivity contribution < 1.29 is 4.74 Å². The lowest BCUT2D eigenvalue weighted by Crippen LogP contribution is -2.04. The molecule has 1 aromatic heterocycles. The van der Waals surface area contributed by atoms with E-state index in [1.807, 2.05) is 104 Å². The second kappa shape index (κ2) is 37.9. The van der Waals surface area contributed by atoms with Crippen molar-refractivity contribution in [3.8, 4) is 5.75 Å². The van der Waals surface area contributed by atoms with Gasteiger partial charge in [-0.25, -0.2) is 0 Å². The van der Waals surface area contributed by atoms with Crippen LogP contribution < -0.4 is 4.74 Å². The predicted molar refractivity (Wildman–Crippen MR) is 173 cm³/mol. The number of benzene rings is 2. The monoisotopic (exact) mass is 513 g/mol. The zero-order valence-electron chi connectivity index (χ0n) is 26.0. The lowest BCUT2D eigenvalue weighted by Gasteiger charge is -2.07. The van der Waals surface area contributed by atoms with E-state index in [-0.39, 0.29) is 13.5 Å². The molecule has 0 aliphatic carbocycles. The Hall–Kier alpha value is -2.61. The fraction of sp³-hybridized carbons (Fsp3) is 0.514. The first kappa shape index (κ1) is 44.4. The summed E-state index contributed by atoms with van der Waals surface area (Å²) in [6.45, 7) is 27.0. The molecule has 0 saturated heterocycles. The number of pyridine rings is 1. The third kappa shape index (κ3) is 43.9. The highest BCUT2D eigenvalue weighted by atomic mass is 16.5. The van der Waals surface area contributed by atoms with E-state index in [0.29, 0.717) is 0 Å². The van der Waals surface area contributed by atoms with Crippen LogP contribution in [0.15, 0.2) is 91.3 Å². The van der Waals surface area contributed by atoms with Gasteiger partial charge in [-0.15, -0.1) is 0 Å². The van der Waals surface area contributed by atoms with Gasteiger partial charge in [0.25, 0.3) is 0 Å². The molecule has 0 N–H and O–H groups in total. The van der Waals surface area contributed by atoms with Crippen molar-refractivity contribution in [2.45, 2.75) is 110 Å². The highest BCUT2D eigenvalue weighted by molar-refractivity contribution is 5.21. The van der Waals surface area contributed by atoms with Crippen LogP contribution >= 0.6 is 0 Å². The predicted octanol–water partition coefficient (Wildman–Crippen LogP) is 11.8. The number of aromatic nitrogens is 1. The Balaban J connectivity index is -0.000000118. The Morgan fingerprint density at radius 2 is 0.919 bits per heavy atom. The van der Waals surface area contributed by atoms with Crippen LogP contribution in [0.2, 0.25) is 0 Å². The normalized spacial score (nSPS) is 8.22. The molecule has 0 aliphatic rings. The maximum absolute atomic E-state index is 5.41. The molecule has 0 fully saturated rings. The molecule has 3 aromatic rings. The van der Waals surface area contributed by atoms with Crippen molar-refractivity contribution in [2.24, 2.45) is 11.8 Å². The Bertz CT molecular complexity index is 620. The van der Waals surface area contributed by atoms with E-state index in [4.69, 9.17) is 4.74 Å². The van der Waals surface area contributed by atoms with Crippen LogP contribution in [0.25, 0.3) is 0 Å². The molecule has 2 aromatic carbocycles. The van der Waals surface area contributed by atoms with Crippen LogP contribution in [0.3, 0.4) is 0 Å². The lowest BCUT2D eigenvalue weighted by atomic mass is 10.0. The van der Waals surface area contributed by atoms with Crippen LogP contribution in [0.4, 0.5) is 0 Å². The molecule has 0 spiro atoms. The van der Waals surface area contributed by atoms with Crippen molar-refractivity contribution in [1.29, 1.82) is 0 Å².